The van der Waals surface area contributed by atoms with Gasteiger partial charge >= 0.3 is 0 Å². The molecule has 1 saturated heterocycles. The molecule has 0 unspecified atom stereocenters. The zero-order valence-corrected chi connectivity index (χ0v) is 11.0. The molecule has 1 aliphatic heterocycles. The van der Waals surface area contributed by atoms with E-state index in [0.29, 0.717) is 6.04 Å². The highest BCUT2D eigenvalue weighted by Gasteiger charge is 2.28. The number of nitrogens with two attached hydrogens (primary N) is 1. The standard InChI is InChI=1S/C9H19N3OS.H2S/c1-11(9-2-3-9)14-13-12-6-4-8(10)5-7-12;/h8-9H,2-7,10H2,1H3;1H2. The average molecular weight is 251 g/mol. The lowest BCUT2D eigenvalue weighted by Gasteiger charge is -2.29. The molecule has 0 radical (unpaired) electrons. The van der Waals surface area contributed by atoms with Crippen molar-refractivity contribution in [1.82, 2.24) is 9.37 Å². The van der Waals surface area contributed by atoms with Crippen molar-refractivity contribution in [3.8, 4) is 0 Å². The molecule has 0 aromatic carbocycles. The van der Waals surface area contributed by atoms with Gasteiger partial charge in [-0.2, -0.15) is 18.6 Å². The van der Waals surface area contributed by atoms with Gasteiger partial charge in [0.2, 0.25) is 0 Å². The fourth-order valence-electron chi connectivity index (χ4n) is 1.55. The monoisotopic (exact) mass is 251 g/mol. The summed E-state index contributed by atoms with van der Waals surface area (Å²) in [7, 11) is 2.10. The molecule has 0 spiro atoms. The highest BCUT2D eigenvalue weighted by atomic mass is 32.2. The van der Waals surface area contributed by atoms with Crippen molar-refractivity contribution < 1.29 is 4.28 Å². The van der Waals surface area contributed by atoms with Crippen LogP contribution in [0.25, 0.3) is 0 Å². The molecule has 1 heterocycles. The van der Waals surface area contributed by atoms with Gasteiger partial charge in [-0.25, -0.2) is 8.59 Å². The Balaban J connectivity index is 0.00000112. The van der Waals surface area contributed by atoms with Gasteiger partial charge in [0.25, 0.3) is 0 Å². The fourth-order valence-corrected chi connectivity index (χ4v) is 2.23. The minimum absolute atomic E-state index is 0. The van der Waals surface area contributed by atoms with Crippen LogP contribution in [0.3, 0.4) is 0 Å². The number of rotatable bonds is 4. The molecule has 2 N–H and O–H groups in total. The van der Waals surface area contributed by atoms with E-state index in [0.717, 1.165) is 32.0 Å². The van der Waals surface area contributed by atoms with Crippen LogP contribution in [0.1, 0.15) is 25.7 Å². The zero-order valence-electron chi connectivity index (χ0n) is 9.19. The molecule has 2 fully saturated rings. The van der Waals surface area contributed by atoms with Crippen molar-refractivity contribution in [1.29, 1.82) is 0 Å². The van der Waals surface area contributed by atoms with E-state index in [1.807, 2.05) is 5.06 Å². The van der Waals surface area contributed by atoms with Gasteiger partial charge in [0, 0.05) is 25.2 Å². The van der Waals surface area contributed by atoms with Crippen LogP contribution in [-0.4, -0.2) is 41.6 Å². The SMILES string of the molecule is CN(SON1CCC(N)CC1)C1CC1.S. The molecular weight excluding hydrogens is 230 g/mol. The molecule has 1 saturated carbocycles. The van der Waals surface area contributed by atoms with Gasteiger partial charge in [-0.3, -0.25) is 0 Å². The summed E-state index contributed by atoms with van der Waals surface area (Å²) in [5.74, 6) is 0. The van der Waals surface area contributed by atoms with Crippen LogP contribution in [0.15, 0.2) is 0 Å². The minimum Gasteiger partial charge on any atom is -0.328 e. The van der Waals surface area contributed by atoms with Crippen molar-refractivity contribution in [2.24, 2.45) is 5.73 Å². The molecule has 1 aliphatic carbocycles. The summed E-state index contributed by atoms with van der Waals surface area (Å²) in [4.78, 5) is 0. The summed E-state index contributed by atoms with van der Waals surface area (Å²) in [6, 6.07) is 1.12. The van der Waals surface area contributed by atoms with Crippen molar-refractivity contribution in [2.45, 2.75) is 37.8 Å². The second-order valence-corrected chi connectivity index (χ2v) is 5.07. The number of hydrogen-bond acceptors (Lipinski definition) is 5. The topological polar surface area (TPSA) is 41.7 Å². The molecule has 2 aliphatic rings. The smallest absolute Gasteiger partial charge is 0.105 e. The van der Waals surface area contributed by atoms with Gasteiger partial charge in [-0.15, -0.1) is 0 Å². The highest BCUT2D eigenvalue weighted by molar-refractivity contribution is 7.92. The Hall–Kier alpha value is 0.540. The van der Waals surface area contributed by atoms with Crippen molar-refractivity contribution in [3.63, 3.8) is 0 Å². The quantitative estimate of drug-likeness (QED) is 0.599. The zero-order chi connectivity index (χ0) is 9.97. The van der Waals surface area contributed by atoms with Crippen LogP contribution in [0.5, 0.6) is 0 Å². The summed E-state index contributed by atoms with van der Waals surface area (Å²) in [6.45, 7) is 1.93. The summed E-state index contributed by atoms with van der Waals surface area (Å²) >= 11 is 1.47. The number of hydroxylamine groups is 2. The predicted molar refractivity (Wildman–Crippen MR) is 68.6 cm³/mol. The Bertz CT molecular complexity index is 184. The molecule has 0 atom stereocenters. The molecule has 6 heteroatoms. The van der Waals surface area contributed by atoms with Gasteiger partial charge < -0.3 is 5.73 Å². The first-order valence-electron chi connectivity index (χ1n) is 5.34. The summed E-state index contributed by atoms with van der Waals surface area (Å²) in [5.41, 5.74) is 5.81. The maximum Gasteiger partial charge on any atom is 0.105 e. The average Bonchev–Trinajstić information content (AvgIpc) is 3.00. The van der Waals surface area contributed by atoms with Gasteiger partial charge in [-0.1, -0.05) is 0 Å². The van der Waals surface area contributed by atoms with Gasteiger partial charge in [0.05, 0.1) is 0 Å². The Morgan fingerprint density at radius 1 is 1.27 bits per heavy atom. The van der Waals surface area contributed by atoms with Crippen molar-refractivity contribution in [2.75, 3.05) is 20.1 Å². The van der Waals surface area contributed by atoms with E-state index in [2.05, 4.69) is 11.4 Å². The van der Waals surface area contributed by atoms with Crippen LogP contribution in [0, 0.1) is 0 Å². The van der Waals surface area contributed by atoms with E-state index in [1.165, 1.54) is 25.1 Å². The second-order valence-electron chi connectivity index (χ2n) is 4.19. The lowest BCUT2D eigenvalue weighted by atomic mass is 10.1. The largest absolute Gasteiger partial charge is 0.328 e. The van der Waals surface area contributed by atoms with E-state index in [-0.39, 0.29) is 13.5 Å². The van der Waals surface area contributed by atoms with Gasteiger partial charge in [0.1, 0.15) is 12.2 Å². The highest BCUT2D eigenvalue weighted by Crippen LogP contribution is 2.31. The van der Waals surface area contributed by atoms with E-state index < -0.39 is 0 Å². The van der Waals surface area contributed by atoms with Crippen molar-refractivity contribution >= 4 is 25.7 Å². The fraction of sp³-hybridized carbons (Fsp3) is 1.00. The van der Waals surface area contributed by atoms with E-state index in [9.17, 15) is 0 Å². The first-order chi connectivity index (χ1) is 6.75. The third-order valence-corrected chi connectivity index (χ3v) is 3.63. The van der Waals surface area contributed by atoms with Crippen LogP contribution in [0.4, 0.5) is 0 Å². The molecule has 0 amide bonds. The molecular formula is C9H21N3OS2. The Labute approximate surface area is 103 Å². The summed E-state index contributed by atoms with van der Waals surface area (Å²) in [5, 5.41) is 2.02. The Morgan fingerprint density at radius 2 is 1.87 bits per heavy atom. The molecule has 4 nitrogen and oxygen atoms in total. The minimum atomic E-state index is 0. The van der Waals surface area contributed by atoms with Gasteiger partial charge in [-0.05, 0) is 32.7 Å². The van der Waals surface area contributed by atoms with E-state index in [4.69, 9.17) is 10.0 Å². The lowest BCUT2D eigenvalue weighted by Crippen LogP contribution is -2.39. The van der Waals surface area contributed by atoms with E-state index >= 15 is 0 Å². The molecule has 0 aromatic rings. The normalized spacial score (nSPS) is 24.2. The molecule has 15 heavy (non-hydrogen) atoms. The molecule has 0 aromatic heterocycles. The molecule has 90 valence electrons. The van der Waals surface area contributed by atoms with Crippen LogP contribution in [0.2, 0.25) is 0 Å². The van der Waals surface area contributed by atoms with Crippen LogP contribution >= 0.6 is 25.7 Å². The second kappa shape index (κ2) is 6.32. The van der Waals surface area contributed by atoms with Crippen LogP contribution in [-0.2, 0) is 4.28 Å². The lowest BCUT2D eigenvalue weighted by molar-refractivity contribution is -0.0595. The maximum absolute atomic E-state index is 5.81. The molecule has 2 rings (SSSR count). The Kier molecular flexibility index (Phi) is 5.73. The van der Waals surface area contributed by atoms with Crippen LogP contribution < -0.4 is 5.73 Å². The molecule has 0 bridgehead atoms. The number of hydrogen-bond donors (Lipinski definition) is 1. The first-order valence-corrected chi connectivity index (χ1v) is 6.03. The van der Waals surface area contributed by atoms with Crippen molar-refractivity contribution in [3.05, 3.63) is 0 Å². The third kappa shape index (κ3) is 4.50. The first kappa shape index (κ1) is 13.6. The number of nitrogens with zero attached hydrogens (tertiary/aromatic N) is 2. The van der Waals surface area contributed by atoms with E-state index in [1.54, 1.807) is 0 Å². The Morgan fingerprint density at radius 3 is 2.40 bits per heavy atom. The van der Waals surface area contributed by atoms with Gasteiger partial charge in [0.15, 0.2) is 0 Å². The predicted octanol–water partition coefficient (Wildman–Crippen LogP) is 1.11. The maximum atomic E-state index is 5.81. The summed E-state index contributed by atoms with van der Waals surface area (Å²) < 4.78 is 7.82. The number of piperidine rings is 1. The third-order valence-electron chi connectivity index (χ3n) is 2.82. The summed E-state index contributed by atoms with van der Waals surface area (Å²) in [6.07, 6.45) is 4.73.